The first-order valence-corrected chi connectivity index (χ1v) is 8.81. The summed E-state index contributed by atoms with van der Waals surface area (Å²) in [5.41, 5.74) is 2.01. The van der Waals surface area contributed by atoms with Gasteiger partial charge in [-0.15, -0.1) is 0 Å². The maximum Gasteiger partial charge on any atom is 0.339 e. The number of pyridine rings is 1. The molecule has 3 aromatic heterocycles. The van der Waals surface area contributed by atoms with E-state index < -0.39 is 5.97 Å². The zero-order valence-corrected chi connectivity index (χ0v) is 15.5. The summed E-state index contributed by atoms with van der Waals surface area (Å²) in [6.07, 6.45) is 1.77. The molecule has 28 heavy (non-hydrogen) atoms. The van der Waals surface area contributed by atoms with Crippen LogP contribution in [0.15, 0.2) is 65.2 Å². The molecule has 0 fully saturated rings. The van der Waals surface area contributed by atoms with Crippen LogP contribution in [0.1, 0.15) is 26.6 Å². The van der Waals surface area contributed by atoms with E-state index in [2.05, 4.69) is 4.98 Å². The molecule has 0 atom stereocenters. The summed E-state index contributed by atoms with van der Waals surface area (Å²) in [7, 11) is 1.77. The third kappa shape index (κ3) is 3.32. The van der Waals surface area contributed by atoms with Gasteiger partial charge < -0.3 is 13.7 Å². The summed E-state index contributed by atoms with van der Waals surface area (Å²) in [6, 6.07) is 16.0. The maximum absolute atomic E-state index is 12.8. The van der Waals surface area contributed by atoms with Crippen LogP contribution in [0.5, 0.6) is 0 Å². The lowest BCUT2D eigenvalue weighted by Crippen LogP contribution is -2.16. The number of para-hydroxylation sites is 1. The first-order chi connectivity index (χ1) is 13.5. The Morgan fingerprint density at radius 1 is 1.11 bits per heavy atom. The Balaban J connectivity index is 1.65. The van der Waals surface area contributed by atoms with Crippen molar-refractivity contribution in [1.82, 2.24) is 9.55 Å². The molecule has 6 heteroatoms. The van der Waals surface area contributed by atoms with Crippen LogP contribution in [-0.2, 0) is 11.8 Å². The summed E-state index contributed by atoms with van der Waals surface area (Å²) in [4.78, 5) is 29.6. The van der Waals surface area contributed by atoms with Gasteiger partial charge in [0.1, 0.15) is 11.5 Å². The highest BCUT2D eigenvalue weighted by Crippen LogP contribution is 2.26. The Morgan fingerprint density at radius 3 is 2.64 bits per heavy atom. The fourth-order valence-corrected chi connectivity index (χ4v) is 3.08. The molecule has 0 aliphatic carbocycles. The number of fused-ring (bicyclic) bond motifs is 1. The van der Waals surface area contributed by atoms with Crippen LogP contribution in [0.25, 0.3) is 22.4 Å². The summed E-state index contributed by atoms with van der Waals surface area (Å²) < 4.78 is 12.6. The number of Topliss-reactive ketones (excluding diaryl/α,β-unsaturated/α-hetero) is 1. The van der Waals surface area contributed by atoms with E-state index in [1.807, 2.05) is 31.2 Å². The Labute approximate surface area is 161 Å². The summed E-state index contributed by atoms with van der Waals surface area (Å²) in [5.74, 6) is 0.478. The third-order valence-electron chi connectivity index (χ3n) is 4.49. The van der Waals surface area contributed by atoms with E-state index in [4.69, 9.17) is 9.15 Å². The lowest BCUT2D eigenvalue weighted by atomic mass is 10.1. The summed E-state index contributed by atoms with van der Waals surface area (Å²) in [5, 5.41) is 0.658. The van der Waals surface area contributed by atoms with E-state index in [1.54, 1.807) is 48.1 Å². The number of rotatable bonds is 5. The van der Waals surface area contributed by atoms with E-state index in [9.17, 15) is 9.59 Å². The second kappa shape index (κ2) is 7.15. The van der Waals surface area contributed by atoms with Crippen molar-refractivity contribution in [3.8, 4) is 11.5 Å². The van der Waals surface area contributed by atoms with Crippen molar-refractivity contribution in [2.24, 2.45) is 7.05 Å². The Hall–Kier alpha value is -3.67. The number of benzene rings is 1. The van der Waals surface area contributed by atoms with Gasteiger partial charge in [0.25, 0.3) is 0 Å². The highest BCUT2D eigenvalue weighted by molar-refractivity contribution is 6.05. The van der Waals surface area contributed by atoms with Crippen molar-refractivity contribution >= 4 is 22.7 Å². The number of carbonyl (C=O) groups excluding carboxylic acids is 2. The predicted octanol–water partition coefficient (Wildman–Crippen LogP) is 4.18. The van der Waals surface area contributed by atoms with E-state index >= 15 is 0 Å². The molecule has 140 valence electrons. The van der Waals surface area contributed by atoms with E-state index in [1.165, 1.54) is 0 Å². The number of carbonyl (C=O) groups is 2. The van der Waals surface area contributed by atoms with Gasteiger partial charge in [-0.3, -0.25) is 4.79 Å². The standard InChI is InChI=1S/C22H18N2O4/c1-14-9-10-21(28-14)18-12-16(15-6-3-4-7-17(15)23-18)22(26)27-13-20(25)19-8-5-11-24(19)2/h3-12H,13H2,1-2H3. The van der Waals surface area contributed by atoms with Gasteiger partial charge in [-0.25, -0.2) is 9.78 Å². The summed E-state index contributed by atoms with van der Waals surface area (Å²) >= 11 is 0. The van der Waals surface area contributed by atoms with Crippen LogP contribution in [0, 0.1) is 6.92 Å². The molecule has 6 nitrogen and oxygen atoms in total. The minimum absolute atomic E-state index is 0.263. The number of aromatic nitrogens is 2. The zero-order chi connectivity index (χ0) is 19.7. The van der Waals surface area contributed by atoms with Crippen LogP contribution in [-0.4, -0.2) is 27.9 Å². The molecule has 3 heterocycles. The highest BCUT2D eigenvalue weighted by Gasteiger charge is 2.18. The van der Waals surface area contributed by atoms with Gasteiger partial charge in [0.05, 0.1) is 16.8 Å². The van der Waals surface area contributed by atoms with Crippen LogP contribution in [0.2, 0.25) is 0 Å². The van der Waals surface area contributed by atoms with E-state index in [0.29, 0.717) is 33.6 Å². The lowest BCUT2D eigenvalue weighted by molar-refractivity contribution is 0.0474. The molecule has 1 aromatic carbocycles. The van der Waals surface area contributed by atoms with E-state index in [-0.39, 0.29) is 12.4 Å². The molecule has 4 aromatic rings. The molecule has 0 aliphatic rings. The molecule has 0 saturated heterocycles. The Morgan fingerprint density at radius 2 is 1.93 bits per heavy atom. The van der Waals surface area contributed by atoms with Gasteiger partial charge in [0, 0.05) is 18.6 Å². The molecule has 0 aliphatic heterocycles. The van der Waals surface area contributed by atoms with Gasteiger partial charge in [-0.2, -0.15) is 0 Å². The smallest absolute Gasteiger partial charge is 0.339 e. The minimum atomic E-state index is -0.578. The fourth-order valence-electron chi connectivity index (χ4n) is 3.08. The Bertz CT molecular complexity index is 1190. The van der Waals surface area contributed by atoms with Gasteiger partial charge in [0.2, 0.25) is 5.78 Å². The lowest BCUT2D eigenvalue weighted by Gasteiger charge is -2.09. The first-order valence-electron chi connectivity index (χ1n) is 8.81. The maximum atomic E-state index is 12.8. The average molecular weight is 374 g/mol. The predicted molar refractivity (Wildman–Crippen MR) is 104 cm³/mol. The van der Waals surface area contributed by atoms with Gasteiger partial charge in [0.15, 0.2) is 12.4 Å². The number of hydrogen-bond acceptors (Lipinski definition) is 5. The number of ketones is 1. The monoisotopic (exact) mass is 374 g/mol. The largest absolute Gasteiger partial charge is 0.460 e. The van der Waals surface area contributed by atoms with Crippen LogP contribution < -0.4 is 0 Å². The van der Waals surface area contributed by atoms with Crippen molar-refractivity contribution in [2.75, 3.05) is 6.61 Å². The highest BCUT2D eigenvalue weighted by atomic mass is 16.5. The minimum Gasteiger partial charge on any atom is -0.460 e. The number of furan rings is 1. The Kier molecular flexibility index (Phi) is 4.53. The molecule has 0 radical (unpaired) electrons. The van der Waals surface area contributed by atoms with Crippen molar-refractivity contribution in [1.29, 1.82) is 0 Å². The van der Waals surface area contributed by atoms with Crippen molar-refractivity contribution in [2.45, 2.75) is 6.92 Å². The van der Waals surface area contributed by atoms with Crippen LogP contribution in [0.3, 0.4) is 0 Å². The topological polar surface area (TPSA) is 74.3 Å². The average Bonchev–Trinajstić information content (AvgIpc) is 3.33. The van der Waals surface area contributed by atoms with Gasteiger partial charge >= 0.3 is 5.97 Å². The number of ether oxygens (including phenoxy) is 1. The molecular formula is C22H18N2O4. The second-order valence-corrected chi connectivity index (χ2v) is 6.49. The van der Waals surface area contributed by atoms with Crippen molar-refractivity contribution in [3.05, 3.63) is 77.8 Å². The number of aryl methyl sites for hydroxylation is 2. The van der Waals surface area contributed by atoms with E-state index in [0.717, 1.165) is 5.76 Å². The quantitative estimate of drug-likeness (QED) is 0.387. The molecule has 0 unspecified atom stereocenters. The fraction of sp³-hybridized carbons (Fsp3) is 0.136. The molecule has 0 spiro atoms. The third-order valence-corrected chi connectivity index (χ3v) is 4.49. The number of hydrogen-bond donors (Lipinski definition) is 0. The normalized spacial score (nSPS) is 10.9. The van der Waals surface area contributed by atoms with Crippen molar-refractivity contribution in [3.63, 3.8) is 0 Å². The molecule has 4 rings (SSSR count). The summed E-state index contributed by atoms with van der Waals surface area (Å²) in [6.45, 7) is 1.51. The van der Waals surface area contributed by atoms with Gasteiger partial charge in [-0.05, 0) is 43.3 Å². The molecule has 0 N–H and O–H groups in total. The first kappa shape index (κ1) is 17.7. The SMILES string of the molecule is Cc1ccc(-c2cc(C(=O)OCC(=O)c3cccn3C)c3ccccc3n2)o1. The van der Waals surface area contributed by atoms with Crippen LogP contribution in [0.4, 0.5) is 0 Å². The molecule has 0 amide bonds. The van der Waals surface area contributed by atoms with Crippen LogP contribution >= 0.6 is 0 Å². The zero-order valence-electron chi connectivity index (χ0n) is 15.5. The molecular weight excluding hydrogens is 356 g/mol. The molecule has 0 bridgehead atoms. The van der Waals surface area contributed by atoms with Gasteiger partial charge in [-0.1, -0.05) is 18.2 Å². The number of esters is 1. The molecule has 0 saturated carbocycles. The second-order valence-electron chi connectivity index (χ2n) is 6.49. The van der Waals surface area contributed by atoms with Crippen molar-refractivity contribution < 1.29 is 18.7 Å². The number of nitrogens with zero attached hydrogens (tertiary/aromatic N) is 2.